The Morgan fingerprint density at radius 3 is 2.82 bits per heavy atom. The summed E-state index contributed by atoms with van der Waals surface area (Å²) >= 11 is 0. The predicted molar refractivity (Wildman–Crippen MR) is 64.0 cm³/mol. The van der Waals surface area contributed by atoms with E-state index in [4.69, 9.17) is 5.11 Å². The number of hydrogen-bond acceptors (Lipinski definition) is 3. The Morgan fingerprint density at radius 1 is 1.53 bits per heavy atom. The molecule has 0 aliphatic heterocycles. The van der Waals surface area contributed by atoms with Crippen LogP contribution in [0, 0.1) is 5.92 Å². The Bertz CT molecular complexity index is 438. The molecular formula is C12H18N2O3. The Hall–Kier alpha value is -1.65. The van der Waals surface area contributed by atoms with Crippen molar-refractivity contribution in [3.05, 3.63) is 27.9 Å². The molecule has 0 atom stereocenters. The lowest BCUT2D eigenvalue weighted by Gasteiger charge is -2.08. The first-order chi connectivity index (χ1) is 8.00. The molecule has 94 valence electrons. The number of aromatic amines is 1. The molecule has 0 aromatic carbocycles. The van der Waals surface area contributed by atoms with Crippen LogP contribution in [0.1, 0.15) is 37.9 Å². The topological polar surface area (TPSA) is 83.0 Å². The van der Waals surface area contributed by atoms with Gasteiger partial charge in [-0.1, -0.05) is 13.8 Å². The Labute approximate surface area is 99.9 Å². The van der Waals surface area contributed by atoms with Crippen LogP contribution in [0.5, 0.6) is 0 Å². The fourth-order valence-electron chi connectivity index (χ4n) is 1.70. The minimum Gasteiger partial charge on any atom is -0.481 e. The number of aromatic nitrogens is 2. The minimum atomic E-state index is -0.837. The second-order valence-corrected chi connectivity index (χ2v) is 4.50. The fraction of sp³-hybridized carbons (Fsp3) is 0.583. The molecule has 0 aliphatic rings. The maximum Gasteiger partial charge on any atom is 0.303 e. The summed E-state index contributed by atoms with van der Waals surface area (Å²) in [6, 6.07) is 0. The predicted octanol–water partition coefficient (Wildman–Crippen LogP) is 1.38. The Morgan fingerprint density at radius 2 is 2.24 bits per heavy atom. The first kappa shape index (κ1) is 13.4. The number of aliphatic carboxylic acids is 1. The molecule has 0 bridgehead atoms. The van der Waals surface area contributed by atoms with Gasteiger partial charge in [0.15, 0.2) is 0 Å². The number of H-pyrrole nitrogens is 1. The molecule has 5 nitrogen and oxygen atoms in total. The van der Waals surface area contributed by atoms with Crippen molar-refractivity contribution in [3.8, 4) is 0 Å². The molecular weight excluding hydrogens is 220 g/mol. The van der Waals surface area contributed by atoms with Crippen molar-refractivity contribution in [2.24, 2.45) is 5.92 Å². The smallest absolute Gasteiger partial charge is 0.303 e. The molecule has 0 unspecified atom stereocenters. The zero-order chi connectivity index (χ0) is 12.8. The first-order valence-electron chi connectivity index (χ1n) is 5.78. The van der Waals surface area contributed by atoms with Crippen molar-refractivity contribution >= 4 is 5.97 Å². The lowest BCUT2D eigenvalue weighted by atomic mass is 10.0. The van der Waals surface area contributed by atoms with E-state index in [1.54, 1.807) is 0 Å². The summed E-state index contributed by atoms with van der Waals surface area (Å²) < 4.78 is 0. The quantitative estimate of drug-likeness (QED) is 0.784. The van der Waals surface area contributed by atoms with Gasteiger partial charge in [0, 0.05) is 12.0 Å². The number of carbonyl (C=O) groups is 1. The van der Waals surface area contributed by atoms with Gasteiger partial charge in [-0.2, -0.15) is 0 Å². The first-order valence-corrected chi connectivity index (χ1v) is 5.78. The molecule has 5 heteroatoms. The van der Waals surface area contributed by atoms with E-state index in [0.29, 0.717) is 24.3 Å². The summed E-state index contributed by atoms with van der Waals surface area (Å²) in [5.41, 5.74) is 1.26. The maximum absolute atomic E-state index is 11.7. The lowest BCUT2D eigenvalue weighted by molar-refractivity contribution is -0.137. The molecule has 1 aromatic rings. The van der Waals surface area contributed by atoms with Crippen LogP contribution in [-0.4, -0.2) is 21.0 Å². The second kappa shape index (κ2) is 6.18. The van der Waals surface area contributed by atoms with E-state index in [2.05, 4.69) is 23.8 Å². The third-order valence-corrected chi connectivity index (χ3v) is 2.46. The third kappa shape index (κ3) is 4.38. The maximum atomic E-state index is 11.7. The Balaban J connectivity index is 2.80. The molecule has 0 amide bonds. The van der Waals surface area contributed by atoms with Gasteiger partial charge in [0.1, 0.15) is 0 Å². The van der Waals surface area contributed by atoms with Crippen LogP contribution in [0.25, 0.3) is 0 Å². The summed E-state index contributed by atoms with van der Waals surface area (Å²) in [4.78, 5) is 28.8. The Kier molecular flexibility index (Phi) is 4.87. The van der Waals surface area contributed by atoms with Crippen molar-refractivity contribution in [1.29, 1.82) is 0 Å². The molecule has 2 N–H and O–H groups in total. The zero-order valence-electron chi connectivity index (χ0n) is 10.2. The van der Waals surface area contributed by atoms with Crippen molar-refractivity contribution in [3.63, 3.8) is 0 Å². The van der Waals surface area contributed by atoms with E-state index in [-0.39, 0.29) is 12.0 Å². The van der Waals surface area contributed by atoms with Crippen molar-refractivity contribution in [1.82, 2.24) is 9.97 Å². The molecule has 17 heavy (non-hydrogen) atoms. The molecule has 0 fully saturated rings. The minimum absolute atomic E-state index is 0.0788. The van der Waals surface area contributed by atoms with Crippen LogP contribution in [0.3, 0.4) is 0 Å². The van der Waals surface area contributed by atoms with E-state index in [9.17, 15) is 9.59 Å². The monoisotopic (exact) mass is 238 g/mol. The third-order valence-electron chi connectivity index (χ3n) is 2.46. The van der Waals surface area contributed by atoms with Crippen LogP contribution >= 0.6 is 0 Å². The summed E-state index contributed by atoms with van der Waals surface area (Å²) in [6.45, 7) is 4.12. The summed E-state index contributed by atoms with van der Waals surface area (Å²) in [6.07, 6.45) is 3.16. The second-order valence-electron chi connectivity index (χ2n) is 4.50. The van der Waals surface area contributed by atoms with Gasteiger partial charge in [0.25, 0.3) is 5.56 Å². The van der Waals surface area contributed by atoms with Crippen molar-refractivity contribution in [2.75, 3.05) is 0 Å². The summed E-state index contributed by atoms with van der Waals surface area (Å²) in [7, 11) is 0. The van der Waals surface area contributed by atoms with Crippen LogP contribution in [0.4, 0.5) is 0 Å². The van der Waals surface area contributed by atoms with Crippen LogP contribution in [0.15, 0.2) is 11.1 Å². The SMILES string of the molecule is CC(C)Cc1nc[nH]c(=O)c1CCCC(=O)O. The molecule has 0 spiro atoms. The molecule has 1 rings (SSSR count). The fourth-order valence-corrected chi connectivity index (χ4v) is 1.70. The van der Waals surface area contributed by atoms with Gasteiger partial charge in [0.05, 0.1) is 12.0 Å². The van der Waals surface area contributed by atoms with E-state index in [1.165, 1.54) is 6.33 Å². The molecule has 0 aliphatic carbocycles. The van der Waals surface area contributed by atoms with Gasteiger partial charge in [-0.25, -0.2) is 4.98 Å². The molecule has 0 radical (unpaired) electrons. The molecule has 1 heterocycles. The van der Waals surface area contributed by atoms with Crippen LogP contribution in [0.2, 0.25) is 0 Å². The highest BCUT2D eigenvalue weighted by Gasteiger charge is 2.10. The van der Waals surface area contributed by atoms with Crippen LogP contribution < -0.4 is 5.56 Å². The number of nitrogens with one attached hydrogen (secondary N) is 1. The van der Waals surface area contributed by atoms with Gasteiger partial charge in [-0.05, 0) is 25.2 Å². The number of carboxylic acid groups (broad SMARTS) is 1. The highest BCUT2D eigenvalue weighted by molar-refractivity contribution is 5.66. The highest BCUT2D eigenvalue weighted by Crippen LogP contribution is 2.10. The zero-order valence-corrected chi connectivity index (χ0v) is 10.2. The van der Waals surface area contributed by atoms with E-state index >= 15 is 0 Å². The number of rotatable bonds is 6. The lowest BCUT2D eigenvalue weighted by Crippen LogP contribution is -2.18. The van der Waals surface area contributed by atoms with Gasteiger partial charge < -0.3 is 10.1 Å². The number of hydrogen-bond donors (Lipinski definition) is 2. The van der Waals surface area contributed by atoms with Gasteiger partial charge in [0.2, 0.25) is 0 Å². The van der Waals surface area contributed by atoms with Crippen molar-refractivity contribution < 1.29 is 9.90 Å². The van der Waals surface area contributed by atoms with Gasteiger partial charge in [-0.15, -0.1) is 0 Å². The summed E-state index contributed by atoms with van der Waals surface area (Å²) in [5.74, 6) is -0.418. The highest BCUT2D eigenvalue weighted by atomic mass is 16.4. The largest absolute Gasteiger partial charge is 0.481 e. The number of nitrogens with zero attached hydrogens (tertiary/aromatic N) is 1. The summed E-state index contributed by atoms with van der Waals surface area (Å²) in [5, 5.41) is 8.57. The van der Waals surface area contributed by atoms with Gasteiger partial charge in [-0.3, -0.25) is 9.59 Å². The average molecular weight is 238 g/mol. The van der Waals surface area contributed by atoms with E-state index in [0.717, 1.165) is 12.1 Å². The van der Waals surface area contributed by atoms with Crippen LogP contribution in [-0.2, 0) is 17.6 Å². The molecule has 0 saturated heterocycles. The van der Waals surface area contributed by atoms with E-state index < -0.39 is 5.97 Å². The van der Waals surface area contributed by atoms with Gasteiger partial charge >= 0.3 is 5.97 Å². The molecule has 1 aromatic heterocycles. The standard InChI is InChI=1S/C12H18N2O3/c1-8(2)6-10-9(4-3-5-11(15)16)12(17)14-7-13-10/h7-8H,3-6H2,1-2H3,(H,15,16)(H,13,14,17). The van der Waals surface area contributed by atoms with Crippen molar-refractivity contribution in [2.45, 2.75) is 39.5 Å². The normalized spacial score (nSPS) is 10.8. The van der Waals surface area contributed by atoms with E-state index in [1.807, 2.05) is 0 Å². The number of carboxylic acids is 1. The average Bonchev–Trinajstić information content (AvgIpc) is 2.21. The molecule has 0 saturated carbocycles.